The molecule has 2 unspecified atom stereocenters. The molecule has 5 rings (SSSR count). The van der Waals surface area contributed by atoms with E-state index < -0.39 is 0 Å². The van der Waals surface area contributed by atoms with Crippen LogP contribution in [0.4, 0.5) is 0 Å². The second-order valence-corrected chi connectivity index (χ2v) is 7.66. The van der Waals surface area contributed by atoms with Gasteiger partial charge in [-0.25, -0.2) is 0 Å². The van der Waals surface area contributed by atoms with Gasteiger partial charge >= 0.3 is 0 Å². The van der Waals surface area contributed by atoms with Crippen LogP contribution in [0.5, 0.6) is 0 Å². The second kappa shape index (κ2) is 7.58. The molecule has 2 N–H and O–H groups in total. The van der Waals surface area contributed by atoms with E-state index in [9.17, 15) is 5.11 Å². The second-order valence-electron chi connectivity index (χ2n) is 7.66. The van der Waals surface area contributed by atoms with Gasteiger partial charge in [-0.1, -0.05) is 49.4 Å². The highest BCUT2D eigenvalue weighted by Crippen LogP contribution is 2.41. The Hall–Kier alpha value is -2.58. The highest BCUT2D eigenvalue weighted by Gasteiger charge is 2.27. The molecule has 0 spiro atoms. The van der Waals surface area contributed by atoms with E-state index in [2.05, 4.69) is 61.3 Å². The van der Waals surface area contributed by atoms with Crippen LogP contribution >= 0.6 is 0 Å². The van der Waals surface area contributed by atoms with Crippen LogP contribution in [0.1, 0.15) is 36.0 Å². The first-order chi connectivity index (χ1) is 13.2. The van der Waals surface area contributed by atoms with E-state index in [1.165, 1.54) is 44.7 Å². The number of aliphatic hydroxyl groups excluding tert-OH is 1. The lowest BCUT2D eigenvalue weighted by Crippen LogP contribution is -2.21. The molecule has 0 radical (unpaired) electrons. The van der Waals surface area contributed by atoms with Crippen LogP contribution in [0.15, 0.2) is 67.0 Å². The molecule has 4 aromatic rings. The number of fused-ring (bicyclic) bond motifs is 5. The maximum absolute atomic E-state index is 9.81. The van der Waals surface area contributed by atoms with Crippen molar-refractivity contribution in [3.63, 3.8) is 0 Å². The summed E-state index contributed by atoms with van der Waals surface area (Å²) in [5, 5.41) is 15.2. The number of aromatic amines is 1. The lowest BCUT2D eigenvalue weighted by Gasteiger charge is -2.31. The van der Waals surface area contributed by atoms with E-state index in [1.807, 2.05) is 24.5 Å². The standard InChI is InChI=1S/C21H22O.C4H5N/c1-13-7-8-17-19(21(13)12-22)10-9-18-16-6-4-3-5-15(16)14(2)11-20(17)18;1-2-4-5-3-1/h3-6,9-11,13,21-22H,7-8,12H2,1-2H3;1-5H. The smallest absolute Gasteiger partial charge is 0.0502 e. The Morgan fingerprint density at radius 2 is 1.63 bits per heavy atom. The summed E-state index contributed by atoms with van der Waals surface area (Å²) in [6.45, 7) is 4.72. The van der Waals surface area contributed by atoms with Crippen molar-refractivity contribution in [1.82, 2.24) is 4.98 Å². The summed E-state index contributed by atoms with van der Waals surface area (Å²) in [7, 11) is 0. The van der Waals surface area contributed by atoms with Crippen molar-refractivity contribution < 1.29 is 5.11 Å². The predicted molar refractivity (Wildman–Crippen MR) is 114 cm³/mol. The fourth-order valence-corrected chi connectivity index (χ4v) is 4.50. The van der Waals surface area contributed by atoms with E-state index in [-0.39, 0.29) is 6.61 Å². The van der Waals surface area contributed by atoms with Crippen LogP contribution in [0.25, 0.3) is 21.5 Å². The third kappa shape index (κ3) is 3.26. The third-order valence-corrected chi connectivity index (χ3v) is 6.02. The number of benzene rings is 3. The number of rotatable bonds is 1. The zero-order chi connectivity index (χ0) is 18.8. The van der Waals surface area contributed by atoms with Crippen LogP contribution in [-0.2, 0) is 6.42 Å². The van der Waals surface area contributed by atoms with Crippen LogP contribution in [-0.4, -0.2) is 16.7 Å². The lowest BCUT2D eigenvalue weighted by atomic mass is 9.74. The van der Waals surface area contributed by atoms with E-state index in [0.717, 1.165) is 6.42 Å². The third-order valence-electron chi connectivity index (χ3n) is 6.02. The number of aryl methyl sites for hydroxylation is 2. The van der Waals surface area contributed by atoms with Crippen molar-refractivity contribution in [2.45, 2.75) is 32.6 Å². The van der Waals surface area contributed by atoms with Gasteiger partial charge < -0.3 is 10.1 Å². The summed E-state index contributed by atoms with van der Waals surface area (Å²) >= 11 is 0. The molecule has 1 aliphatic rings. The van der Waals surface area contributed by atoms with Crippen molar-refractivity contribution in [3.05, 3.63) is 83.7 Å². The molecule has 0 amide bonds. The Kier molecular flexibility index (Phi) is 5.00. The maximum atomic E-state index is 9.81. The molecule has 0 saturated carbocycles. The Balaban J connectivity index is 0.000000314. The largest absolute Gasteiger partial charge is 0.396 e. The molecule has 2 nitrogen and oxygen atoms in total. The number of hydrogen-bond donors (Lipinski definition) is 2. The average molecular weight is 357 g/mol. The number of aromatic nitrogens is 1. The number of aliphatic hydroxyl groups is 1. The molecule has 0 saturated heterocycles. The Morgan fingerprint density at radius 1 is 0.926 bits per heavy atom. The van der Waals surface area contributed by atoms with Gasteiger partial charge in [-0.2, -0.15) is 0 Å². The number of hydrogen-bond acceptors (Lipinski definition) is 1. The maximum Gasteiger partial charge on any atom is 0.0502 e. The minimum Gasteiger partial charge on any atom is -0.396 e. The van der Waals surface area contributed by atoms with Crippen molar-refractivity contribution >= 4 is 21.5 Å². The lowest BCUT2D eigenvalue weighted by molar-refractivity contribution is 0.219. The zero-order valence-electron chi connectivity index (χ0n) is 16.1. The SMILES string of the molecule is Cc1cc2c3c(ccc2c2ccccc12)C(CO)C(C)CC3.c1cc[nH]c1. The number of nitrogens with one attached hydrogen (secondary N) is 1. The molecule has 138 valence electrons. The first-order valence-corrected chi connectivity index (χ1v) is 9.83. The zero-order valence-corrected chi connectivity index (χ0v) is 16.1. The van der Waals surface area contributed by atoms with Gasteiger partial charge in [-0.3, -0.25) is 0 Å². The molecule has 0 fully saturated rings. The van der Waals surface area contributed by atoms with Gasteiger partial charge in [-0.15, -0.1) is 0 Å². The molecule has 0 aliphatic heterocycles. The molecule has 1 aliphatic carbocycles. The molecular formula is C25H27NO. The first-order valence-electron chi connectivity index (χ1n) is 9.83. The van der Waals surface area contributed by atoms with Gasteiger partial charge in [0, 0.05) is 18.3 Å². The highest BCUT2D eigenvalue weighted by molar-refractivity contribution is 6.10. The van der Waals surface area contributed by atoms with Gasteiger partial charge in [0.2, 0.25) is 0 Å². The summed E-state index contributed by atoms with van der Waals surface area (Å²) in [4.78, 5) is 2.86. The van der Waals surface area contributed by atoms with Crippen LogP contribution < -0.4 is 0 Å². The van der Waals surface area contributed by atoms with Crippen molar-refractivity contribution in [1.29, 1.82) is 0 Å². The summed E-state index contributed by atoms with van der Waals surface area (Å²) in [5.41, 5.74) is 4.17. The van der Waals surface area contributed by atoms with Gasteiger partial charge in [0.05, 0.1) is 6.61 Å². The number of H-pyrrole nitrogens is 1. The minimum atomic E-state index is 0.256. The average Bonchev–Trinajstić information content (AvgIpc) is 3.28. The molecule has 1 aromatic heterocycles. The van der Waals surface area contributed by atoms with Crippen molar-refractivity contribution in [3.8, 4) is 0 Å². The van der Waals surface area contributed by atoms with E-state index in [1.54, 1.807) is 0 Å². The van der Waals surface area contributed by atoms with E-state index in [0.29, 0.717) is 11.8 Å². The monoisotopic (exact) mass is 357 g/mol. The minimum absolute atomic E-state index is 0.256. The molecule has 3 aromatic carbocycles. The van der Waals surface area contributed by atoms with E-state index >= 15 is 0 Å². The van der Waals surface area contributed by atoms with Gasteiger partial charge in [0.15, 0.2) is 0 Å². The fourth-order valence-electron chi connectivity index (χ4n) is 4.50. The highest BCUT2D eigenvalue weighted by atomic mass is 16.3. The van der Waals surface area contributed by atoms with Gasteiger partial charge in [-0.05, 0) is 76.1 Å². The fraction of sp³-hybridized carbons (Fsp3) is 0.280. The van der Waals surface area contributed by atoms with Gasteiger partial charge in [0.1, 0.15) is 0 Å². The van der Waals surface area contributed by atoms with E-state index in [4.69, 9.17) is 0 Å². The molecular weight excluding hydrogens is 330 g/mol. The summed E-state index contributed by atoms with van der Waals surface area (Å²) in [6, 6.07) is 19.4. The van der Waals surface area contributed by atoms with Crippen molar-refractivity contribution in [2.75, 3.05) is 6.61 Å². The molecule has 2 heteroatoms. The summed E-state index contributed by atoms with van der Waals surface area (Å²) in [5.74, 6) is 0.858. The topological polar surface area (TPSA) is 36.0 Å². The summed E-state index contributed by atoms with van der Waals surface area (Å²) in [6.07, 6.45) is 6.05. The molecule has 27 heavy (non-hydrogen) atoms. The summed E-state index contributed by atoms with van der Waals surface area (Å²) < 4.78 is 0. The molecule has 1 heterocycles. The Labute approximate surface area is 160 Å². The van der Waals surface area contributed by atoms with Crippen LogP contribution in [0.3, 0.4) is 0 Å². The normalized spacial score (nSPS) is 18.8. The molecule has 2 atom stereocenters. The quantitative estimate of drug-likeness (QED) is 0.404. The Morgan fingerprint density at radius 3 is 2.30 bits per heavy atom. The first kappa shape index (κ1) is 17.8. The molecule has 0 bridgehead atoms. The van der Waals surface area contributed by atoms with Gasteiger partial charge in [0.25, 0.3) is 0 Å². The van der Waals surface area contributed by atoms with Crippen LogP contribution in [0.2, 0.25) is 0 Å². The van der Waals surface area contributed by atoms with Crippen molar-refractivity contribution in [2.24, 2.45) is 5.92 Å². The Bertz CT molecular complexity index is 1030. The predicted octanol–water partition coefficient (Wildman–Crippen LogP) is 5.97. The van der Waals surface area contributed by atoms with Crippen LogP contribution in [0, 0.1) is 12.8 Å².